The lowest BCUT2D eigenvalue weighted by Gasteiger charge is -2.34. The predicted octanol–water partition coefficient (Wildman–Crippen LogP) is 3.87. The fraction of sp³-hybridized carbons (Fsp3) is 0.421. The van der Waals surface area contributed by atoms with E-state index in [0.29, 0.717) is 18.9 Å². The van der Waals surface area contributed by atoms with Crippen LogP contribution in [0.2, 0.25) is 0 Å². The number of nitrogens with one attached hydrogen (secondary N) is 1. The van der Waals surface area contributed by atoms with Crippen molar-refractivity contribution in [2.45, 2.75) is 50.6 Å². The largest absolute Gasteiger partial charge is 0.382 e. The molecule has 1 aliphatic heterocycles. The molecule has 130 valence electrons. The molecule has 5 nitrogen and oxygen atoms in total. The third-order valence-corrected chi connectivity index (χ3v) is 5.71. The molecule has 4 rings (SSSR count). The molecule has 1 saturated carbocycles. The first-order valence-corrected chi connectivity index (χ1v) is 9.57. The number of fused-ring (bicyclic) bond motifs is 1. The van der Waals surface area contributed by atoms with Crippen LogP contribution < -0.4 is 5.32 Å². The number of imide groups is 1. The predicted molar refractivity (Wildman–Crippen MR) is 100 cm³/mol. The molecule has 1 N–H and O–H groups in total. The summed E-state index contributed by atoms with van der Waals surface area (Å²) in [7, 11) is 0. The van der Waals surface area contributed by atoms with Gasteiger partial charge in [-0.1, -0.05) is 15.9 Å². The molecule has 0 unspecified atom stereocenters. The van der Waals surface area contributed by atoms with Gasteiger partial charge in [0.25, 0.3) is 0 Å². The summed E-state index contributed by atoms with van der Waals surface area (Å²) in [6.45, 7) is 0. The molecule has 2 fully saturated rings. The smallest absolute Gasteiger partial charge is 0.229 e. The Bertz CT molecular complexity index is 815. The Morgan fingerprint density at radius 3 is 2.48 bits per heavy atom. The van der Waals surface area contributed by atoms with Crippen molar-refractivity contribution in [2.24, 2.45) is 0 Å². The summed E-state index contributed by atoms with van der Waals surface area (Å²) >= 11 is 3.48. The van der Waals surface area contributed by atoms with E-state index in [1.807, 2.05) is 24.4 Å². The number of pyridine rings is 1. The first kappa shape index (κ1) is 16.5. The third-order valence-electron chi connectivity index (χ3n) is 5.22. The van der Waals surface area contributed by atoms with E-state index in [4.69, 9.17) is 0 Å². The van der Waals surface area contributed by atoms with Gasteiger partial charge in [-0.25, -0.2) is 0 Å². The Hall–Kier alpha value is -1.95. The Balaban J connectivity index is 1.44. The SMILES string of the molecule is O=C1CCC(=O)N1C1CCC(Nc2ccnc3cc(Br)ccc23)CC1. The van der Waals surface area contributed by atoms with Crippen LogP contribution in [0.1, 0.15) is 38.5 Å². The molecule has 1 aromatic carbocycles. The number of amides is 2. The van der Waals surface area contributed by atoms with Gasteiger partial charge in [0.1, 0.15) is 0 Å². The zero-order valence-electron chi connectivity index (χ0n) is 13.9. The van der Waals surface area contributed by atoms with Crippen molar-refractivity contribution < 1.29 is 9.59 Å². The van der Waals surface area contributed by atoms with E-state index < -0.39 is 0 Å². The lowest BCUT2D eigenvalue weighted by Crippen LogP contribution is -2.43. The number of hydrogen-bond acceptors (Lipinski definition) is 4. The number of nitrogens with zero attached hydrogens (tertiary/aromatic N) is 2. The minimum atomic E-state index is 0.00659. The van der Waals surface area contributed by atoms with Crippen LogP contribution in [0.4, 0.5) is 5.69 Å². The van der Waals surface area contributed by atoms with E-state index in [9.17, 15) is 9.59 Å². The summed E-state index contributed by atoms with van der Waals surface area (Å²) in [6, 6.07) is 8.57. The molecule has 25 heavy (non-hydrogen) atoms. The number of carbonyl (C=O) groups is 2. The van der Waals surface area contributed by atoms with Gasteiger partial charge < -0.3 is 5.32 Å². The van der Waals surface area contributed by atoms with E-state index in [0.717, 1.165) is 46.7 Å². The van der Waals surface area contributed by atoms with E-state index in [-0.39, 0.29) is 17.9 Å². The molecule has 1 aliphatic carbocycles. The highest BCUT2D eigenvalue weighted by molar-refractivity contribution is 9.10. The molecule has 1 aromatic heterocycles. The van der Waals surface area contributed by atoms with E-state index >= 15 is 0 Å². The highest BCUT2D eigenvalue weighted by atomic mass is 79.9. The van der Waals surface area contributed by atoms with E-state index in [1.54, 1.807) is 0 Å². The first-order valence-electron chi connectivity index (χ1n) is 8.77. The number of benzene rings is 1. The van der Waals surface area contributed by atoms with Crippen molar-refractivity contribution >= 4 is 44.3 Å². The van der Waals surface area contributed by atoms with Crippen molar-refractivity contribution in [2.75, 3.05) is 5.32 Å². The maximum atomic E-state index is 11.9. The molecule has 2 amide bonds. The standard InChI is InChI=1S/C19H20BrN3O2/c20-12-1-6-15-16(9-10-21-17(15)11-12)22-13-2-4-14(5-3-13)23-18(24)7-8-19(23)25/h1,6,9-11,13-14H,2-5,7-8H2,(H,21,22). The fourth-order valence-electron chi connectivity index (χ4n) is 3.95. The number of carbonyl (C=O) groups excluding carboxylic acids is 2. The molecule has 1 saturated heterocycles. The Morgan fingerprint density at radius 1 is 1.04 bits per heavy atom. The Kier molecular flexibility index (Phi) is 4.46. The van der Waals surface area contributed by atoms with Crippen LogP contribution in [-0.4, -0.2) is 33.8 Å². The highest BCUT2D eigenvalue weighted by Crippen LogP contribution is 2.31. The average Bonchev–Trinajstić information content (AvgIpc) is 2.94. The second-order valence-corrected chi connectivity index (χ2v) is 7.74. The molecule has 0 atom stereocenters. The third kappa shape index (κ3) is 3.27. The van der Waals surface area contributed by atoms with Crippen LogP contribution >= 0.6 is 15.9 Å². The zero-order valence-corrected chi connectivity index (χ0v) is 15.5. The minimum Gasteiger partial charge on any atom is -0.382 e. The minimum absolute atomic E-state index is 0.00659. The molecule has 6 heteroatoms. The highest BCUT2D eigenvalue weighted by Gasteiger charge is 2.36. The molecular formula is C19H20BrN3O2. The van der Waals surface area contributed by atoms with Crippen LogP contribution in [0.15, 0.2) is 34.9 Å². The molecule has 2 aliphatic rings. The summed E-state index contributed by atoms with van der Waals surface area (Å²) in [5, 5.41) is 4.74. The van der Waals surface area contributed by atoms with Crippen LogP contribution in [0.25, 0.3) is 10.9 Å². The van der Waals surface area contributed by atoms with Gasteiger partial charge in [-0.15, -0.1) is 0 Å². The number of likely N-dealkylation sites (tertiary alicyclic amines) is 1. The van der Waals surface area contributed by atoms with Gasteiger partial charge in [-0.05, 0) is 49.9 Å². The van der Waals surface area contributed by atoms with Crippen LogP contribution in [0.5, 0.6) is 0 Å². The summed E-state index contributed by atoms with van der Waals surface area (Å²) in [6.07, 6.45) is 6.27. The average molecular weight is 402 g/mol. The lowest BCUT2D eigenvalue weighted by atomic mass is 9.90. The number of rotatable bonds is 3. The summed E-state index contributed by atoms with van der Waals surface area (Å²) in [5.74, 6) is 0.0132. The molecule has 0 bridgehead atoms. The molecule has 2 heterocycles. The second-order valence-electron chi connectivity index (χ2n) is 6.83. The van der Waals surface area contributed by atoms with Crippen molar-refractivity contribution in [3.63, 3.8) is 0 Å². The monoisotopic (exact) mass is 401 g/mol. The molecule has 0 radical (unpaired) electrons. The Morgan fingerprint density at radius 2 is 1.76 bits per heavy atom. The van der Waals surface area contributed by atoms with Crippen LogP contribution in [0.3, 0.4) is 0 Å². The van der Waals surface area contributed by atoms with Gasteiger partial charge >= 0.3 is 0 Å². The van der Waals surface area contributed by atoms with Gasteiger partial charge in [-0.3, -0.25) is 19.5 Å². The summed E-state index contributed by atoms with van der Waals surface area (Å²) in [4.78, 5) is 29.8. The zero-order chi connectivity index (χ0) is 17.4. The van der Waals surface area contributed by atoms with Crippen LogP contribution in [0, 0.1) is 0 Å². The summed E-state index contributed by atoms with van der Waals surface area (Å²) < 4.78 is 1.02. The number of aromatic nitrogens is 1. The first-order chi connectivity index (χ1) is 12.1. The fourth-order valence-corrected chi connectivity index (χ4v) is 4.30. The summed E-state index contributed by atoms with van der Waals surface area (Å²) in [5.41, 5.74) is 2.05. The van der Waals surface area contributed by atoms with Gasteiger partial charge in [0.2, 0.25) is 11.8 Å². The van der Waals surface area contributed by atoms with E-state index in [2.05, 4.69) is 32.3 Å². The van der Waals surface area contributed by atoms with Gasteiger partial charge in [0, 0.05) is 46.7 Å². The van der Waals surface area contributed by atoms with E-state index in [1.165, 1.54) is 4.90 Å². The Labute approximate surface area is 154 Å². The quantitative estimate of drug-likeness (QED) is 0.792. The van der Waals surface area contributed by atoms with Crippen molar-refractivity contribution in [1.82, 2.24) is 9.88 Å². The number of hydrogen-bond donors (Lipinski definition) is 1. The van der Waals surface area contributed by atoms with Gasteiger partial charge in [-0.2, -0.15) is 0 Å². The van der Waals surface area contributed by atoms with Crippen LogP contribution in [-0.2, 0) is 9.59 Å². The number of halogens is 1. The van der Waals surface area contributed by atoms with Gasteiger partial charge in [0.15, 0.2) is 0 Å². The van der Waals surface area contributed by atoms with Crippen molar-refractivity contribution in [1.29, 1.82) is 0 Å². The number of anilines is 1. The topological polar surface area (TPSA) is 62.3 Å². The molecule has 2 aromatic rings. The second kappa shape index (κ2) is 6.75. The lowest BCUT2D eigenvalue weighted by molar-refractivity contribution is -0.141. The molecular weight excluding hydrogens is 382 g/mol. The molecule has 0 spiro atoms. The van der Waals surface area contributed by atoms with Crippen molar-refractivity contribution in [3.8, 4) is 0 Å². The maximum absolute atomic E-state index is 11.9. The normalized spacial score (nSPS) is 24.1. The maximum Gasteiger partial charge on any atom is 0.229 e. The van der Waals surface area contributed by atoms with Gasteiger partial charge in [0.05, 0.1) is 5.52 Å². The van der Waals surface area contributed by atoms with Crippen molar-refractivity contribution in [3.05, 3.63) is 34.9 Å².